The van der Waals surface area contributed by atoms with Crippen molar-refractivity contribution in [3.05, 3.63) is 69.3 Å². The smallest absolute Gasteiger partial charge is 0.0693 e. The summed E-state index contributed by atoms with van der Waals surface area (Å²) >= 11 is 0. The first-order chi connectivity index (χ1) is 19.5. The van der Waals surface area contributed by atoms with Gasteiger partial charge in [0.2, 0.25) is 0 Å². The molecule has 8 bridgehead atoms. The number of hydrogen-bond acceptors (Lipinski definition) is 2. The number of fused-ring (bicyclic) bond motifs is 8. The quantitative estimate of drug-likeness (QED) is 0.301. The van der Waals surface area contributed by atoms with Gasteiger partial charge in [-0.3, -0.25) is 4.98 Å². The Morgan fingerprint density at radius 1 is 0.475 bits per heavy atom. The van der Waals surface area contributed by atoms with E-state index in [0.717, 1.165) is 62.8 Å². The van der Waals surface area contributed by atoms with Crippen LogP contribution in [0.5, 0.6) is 0 Å². The Morgan fingerprint density at radius 2 is 0.875 bits per heavy atom. The zero-order chi connectivity index (χ0) is 28.6. The van der Waals surface area contributed by atoms with Gasteiger partial charge in [-0.2, -0.15) is 0 Å². The van der Waals surface area contributed by atoms with E-state index in [9.17, 15) is 0 Å². The summed E-state index contributed by atoms with van der Waals surface area (Å²) in [6.07, 6.45) is 8.15. The van der Waals surface area contributed by atoms with Gasteiger partial charge in [0, 0.05) is 45.3 Å². The number of nitrogens with one attached hydrogen (secondary N) is 2. The summed E-state index contributed by atoms with van der Waals surface area (Å²) in [5.41, 5.74) is 18.0. The number of nitrogens with zero attached hydrogens (tertiary/aromatic N) is 2. The molecule has 40 heavy (non-hydrogen) atoms. The maximum absolute atomic E-state index is 5.35. The first-order valence-corrected chi connectivity index (χ1v) is 16.0. The van der Waals surface area contributed by atoms with E-state index in [2.05, 4.69) is 89.6 Å². The van der Waals surface area contributed by atoms with Crippen molar-refractivity contribution < 1.29 is 0 Å². The van der Waals surface area contributed by atoms with Crippen molar-refractivity contribution in [1.82, 2.24) is 19.9 Å². The molecule has 0 spiro atoms. The molecule has 0 saturated carbocycles. The van der Waals surface area contributed by atoms with E-state index >= 15 is 0 Å². The standard InChI is InChI=1S/C36H48N4/c1-9-21-22(10-2)30-18-32-25(13-5)26(14-6)34(39-32)20-36-28(16-8)27(15-7)35(40-36)19-33-24(12-4)23(11-3)31(38-33)17-29(21)37-30/h17-22,38,40H,9-16H2,1-8H3/t21-,22-/m1/s1. The van der Waals surface area contributed by atoms with E-state index in [1.54, 1.807) is 0 Å². The maximum atomic E-state index is 5.35. The second-order valence-electron chi connectivity index (χ2n) is 11.3. The van der Waals surface area contributed by atoms with Crippen LogP contribution in [-0.4, -0.2) is 19.9 Å². The minimum atomic E-state index is 0.423. The van der Waals surface area contributed by atoms with Gasteiger partial charge >= 0.3 is 0 Å². The normalized spacial score (nSPS) is 17.2. The van der Waals surface area contributed by atoms with Crippen LogP contribution in [0.25, 0.3) is 33.2 Å². The van der Waals surface area contributed by atoms with Crippen molar-refractivity contribution >= 4 is 33.2 Å². The predicted molar refractivity (Wildman–Crippen MR) is 172 cm³/mol. The van der Waals surface area contributed by atoms with Gasteiger partial charge in [-0.15, -0.1) is 0 Å². The fourth-order valence-electron chi connectivity index (χ4n) is 7.51. The number of aromatic nitrogens is 4. The van der Waals surface area contributed by atoms with E-state index in [1.165, 1.54) is 66.9 Å². The lowest BCUT2D eigenvalue weighted by molar-refractivity contribution is 0.532. The first kappa shape index (κ1) is 28.4. The summed E-state index contributed by atoms with van der Waals surface area (Å²) in [6.45, 7) is 18.3. The molecular formula is C36H48N4. The lowest BCUT2D eigenvalue weighted by Gasteiger charge is -2.16. The Kier molecular flexibility index (Phi) is 8.35. The molecule has 2 atom stereocenters. The molecule has 5 heterocycles. The molecule has 3 aromatic heterocycles. The molecule has 5 rings (SSSR count). The summed E-state index contributed by atoms with van der Waals surface area (Å²) in [5.74, 6) is 0.852. The van der Waals surface area contributed by atoms with Crippen LogP contribution in [0.1, 0.15) is 138 Å². The molecule has 4 heteroatoms. The highest BCUT2D eigenvalue weighted by Crippen LogP contribution is 2.43. The third-order valence-corrected chi connectivity index (χ3v) is 9.44. The topological polar surface area (TPSA) is 57.4 Å². The Bertz CT molecular complexity index is 1600. The average molecular weight is 537 g/mol. The highest BCUT2D eigenvalue weighted by Gasteiger charge is 2.30. The van der Waals surface area contributed by atoms with Crippen molar-refractivity contribution in [3.63, 3.8) is 0 Å². The minimum absolute atomic E-state index is 0.423. The van der Waals surface area contributed by atoms with Crippen molar-refractivity contribution in [2.45, 2.75) is 119 Å². The van der Waals surface area contributed by atoms with Gasteiger partial charge in [0.15, 0.2) is 0 Å². The largest absolute Gasteiger partial charge is 0.355 e. The highest BCUT2D eigenvalue weighted by atomic mass is 14.8. The number of aryl methyl sites for hydroxylation is 4. The summed E-state index contributed by atoms with van der Waals surface area (Å²) in [4.78, 5) is 18.4. The van der Waals surface area contributed by atoms with Crippen LogP contribution in [0.3, 0.4) is 0 Å². The molecule has 0 aromatic carbocycles. The van der Waals surface area contributed by atoms with Gasteiger partial charge in [0.05, 0.1) is 11.4 Å². The molecule has 0 radical (unpaired) electrons. The Labute approximate surface area is 240 Å². The summed E-state index contributed by atoms with van der Waals surface area (Å²) in [5, 5.41) is 0. The molecule has 2 N–H and O–H groups in total. The molecule has 0 aliphatic carbocycles. The van der Waals surface area contributed by atoms with Gasteiger partial charge in [-0.05, 0) is 109 Å². The van der Waals surface area contributed by atoms with Gasteiger partial charge in [-0.25, -0.2) is 4.98 Å². The monoisotopic (exact) mass is 536 g/mol. The number of allylic oxidation sites excluding steroid dienone is 2. The highest BCUT2D eigenvalue weighted by molar-refractivity contribution is 5.93. The maximum Gasteiger partial charge on any atom is 0.0693 e. The van der Waals surface area contributed by atoms with E-state index in [-0.39, 0.29) is 0 Å². The van der Waals surface area contributed by atoms with Crippen LogP contribution in [0.15, 0.2) is 24.3 Å². The average Bonchev–Trinajstić information content (AvgIpc) is 3.67. The van der Waals surface area contributed by atoms with E-state index in [0.29, 0.717) is 11.8 Å². The molecule has 212 valence electrons. The number of rotatable bonds is 8. The van der Waals surface area contributed by atoms with Crippen molar-refractivity contribution in [3.8, 4) is 0 Å². The van der Waals surface area contributed by atoms with Crippen molar-refractivity contribution in [2.24, 2.45) is 0 Å². The zero-order valence-corrected chi connectivity index (χ0v) is 26.0. The number of aromatic amines is 2. The second kappa shape index (κ2) is 11.8. The van der Waals surface area contributed by atoms with E-state index in [1.807, 2.05) is 0 Å². The fourth-order valence-corrected chi connectivity index (χ4v) is 7.51. The summed E-state index contributed by atoms with van der Waals surface area (Å²) in [6, 6.07) is 9.38. The summed E-state index contributed by atoms with van der Waals surface area (Å²) in [7, 11) is 0. The Balaban J connectivity index is 2.00. The third-order valence-electron chi connectivity index (χ3n) is 9.44. The van der Waals surface area contributed by atoms with Gasteiger partial charge < -0.3 is 9.97 Å². The molecule has 0 fully saturated rings. The van der Waals surface area contributed by atoms with Crippen LogP contribution in [-0.2, 0) is 25.7 Å². The second-order valence-corrected chi connectivity index (χ2v) is 11.3. The molecule has 3 aromatic rings. The van der Waals surface area contributed by atoms with E-state index in [4.69, 9.17) is 9.97 Å². The van der Waals surface area contributed by atoms with Crippen LogP contribution in [0, 0.1) is 0 Å². The Morgan fingerprint density at radius 3 is 1.30 bits per heavy atom. The summed E-state index contributed by atoms with van der Waals surface area (Å²) < 4.78 is 0. The lowest BCUT2D eigenvalue weighted by Crippen LogP contribution is -2.03. The molecule has 0 unspecified atom stereocenters. The van der Waals surface area contributed by atoms with Gasteiger partial charge in [-0.1, -0.05) is 55.4 Å². The molecular weight excluding hydrogens is 488 g/mol. The Hall–Kier alpha value is -3.14. The molecule has 2 aliphatic heterocycles. The van der Waals surface area contributed by atoms with Crippen molar-refractivity contribution in [2.75, 3.05) is 0 Å². The van der Waals surface area contributed by atoms with Gasteiger partial charge in [0.1, 0.15) is 0 Å². The van der Waals surface area contributed by atoms with Crippen molar-refractivity contribution in [1.29, 1.82) is 0 Å². The van der Waals surface area contributed by atoms with Crippen LogP contribution in [0.4, 0.5) is 0 Å². The van der Waals surface area contributed by atoms with Gasteiger partial charge in [0.25, 0.3) is 0 Å². The van der Waals surface area contributed by atoms with Crippen LogP contribution < -0.4 is 0 Å². The number of hydrogen-bond donors (Lipinski definition) is 2. The molecule has 0 amide bonds. The first-order valence-electron chi connectivity index (χ1n) is 16.0. The molecule has 4 nitrogen and oxygen atoms in total. The fraction of sp³-hybridized carbons (Fsp3) is 0.500. The zero-order valence-electron chi connectivity index (χ0n) is 26.0. The van der Waals surface area contributed by atoms with Crippen LogP contribution in [0.2, 0.25) is 0 Å². The van der Waals surface area contributed by atoms with E-state index < -0.39 is 0 Å². The molecule has 2 aliphatic rings. The predicted octanol–water partition coefficient (Wildman–Crippen LogP) is 9.98. The lowest BCUT2D eigenvalue weighted by atomic mass is 9.85. The SMILES string of the molecule is CCC1=C(CC)c2cc3[nH]c(cc4[nH]c(cc5nc(cc1n2)[C@H](CC)[C@H]5CC)c(CC)c4CC)c(CC)c3CC. The molecule has 0 saturated heterocycles. The number of H-pyrrole nitrogens is 2. The minimum Gasteiger partial charge on any atom is -0.355 e. The van der Waals surface area contributed by atoms with Crippen LogP contribution >= 0.6 is 0 Å². The third kappa shape index (κ3) is 4.63.